The first kappa shape index (κ1) is 10.3. The SMILES string of the molecule is O=[N+]([O-])c1ccc(/C=C/CO)c(F)c1. The van der Waals surface area contributed by atoms with E-state index >= 15 is 0 Å². The highest BCUT2D eigenvalue weighted by Gasteiger charge is 2.08. The van der Waals surface area contributed by atoms with Gasteiger partial charge in [0, 0.05) is 11.6 Å². The van der Waals surface area contributed by atoms with Gasteiger partial charge in [0.1, 0.15) is 5.82 Å². The molecular formula is C9H8FNO3. The van der Waals surface area contributed by atoms with Crippen molar-refractivity contribution in [2.45, 2.75) is 0 Å². The second kappa shape index (κ2) is 4.48. The van der Waals surface area contributed by atoms with E-state index in [1.807, 2.05) is 0 Å². The molecule has 0 saturated heterocycles. The fourth-order valence-electron chi connectivity index (χ4n) is 0.944. The van der Waals surface area contributed by atoms with Crippen molar-refractivity contribution in [2.24, 2.45) is 0 Å². The van der Waals surface area contributed by atoms with Crippen LogP contribution in [0.5, 0.6) is 0 Å². The van der Waals surface area contributed by atoms with Crippen molar-refractivity contribution in [1.82, 2.24) is 0 Å². The summed E-state index contributed by atoms with van der Waals surface area (Å²) in [6.45, 7) is -0.198. The van der Waals surface area contributed by atoms with Crippen molar-refractivity contribution in [1.29, 1.82) is 0 Å². The smallest absolute Gasteiger partial charge is 0.272 e. The van der Waals surface area contributed by atoms with E-state index in [-0.39, 0.29) is 17.9 Å². The maximum Gasteiger partial charge on any atom is 0.272 e. The summed E-state index contributed by atoms with van der Waals surface area (Å²) in [5, 5.41) is 18.7. The number of aliphatic hydroxyl groups is 1. The molecule has 0 atom stereocenters. The van der Waals surface area contributed by atoms with Crippen LogP contribution in [-0.2, 0) is 0 Å². The fourth-order valence-corrected chi connectivity index (χ4v) is 0.944. The summed E-state index contributed by atoms with van der Waals surface area (Å²) in [4.78, 5) is 9.60. The molecule has 1 N–H and O–H groups in total. The lowest BCUT2D eigenvalue weighted by molar-refractivity contribution is -0.385. The van der Waals surface area contributed by atoms with Crippen LogP contribution in [0.2, 0.25) is 0 Å². The number of non-ortho nitro benzene ring substituents is 1. The molecule has 5 heteroatoms. The third-order valence-corrected chi connectivity index (χ3v) is 1.60. The van der Waals surface area contributed by atoms with Crippen molar-refractivity contribution in [3.63, 3.8) is 0 Å². The predicted octanol–water partition coefficient (Wildman–Crippen LogP) is 1.74. The summed E-state index contributed by atoms with van der Waals surface area (Å²) in [6, 6.07) is 3.34. The van der Waals surface area contributed by atoms with Crippen LogP contribution in [0.3, 0.4) is 0 Å². The summed E-state index contributed by atoms with van der Waals surface area (Å²) in [5.41, 5.74) is -0.0756. The zero-order chi connectivity index (χ0) is 10.6. The zero-order valence-corrected chi connectivity index (χ0v) is 7.18. The molecule has 0 aliphatic carbocycles. The van der Waals surface area contributed by atoms with Gasteiger partial charge in [-0.3, -0.25) is 10.1 Å². The van der Waals surface area contributed by atoms with Gasteiger partial charge in [0.05, 0.1) is 17.6 Å². The molecule has 0 bridgehead atoms. The van der Waals surface area contributed by atoms with Gasteiger partial charge in [-0.25, -0.2) is 4.39 Å². The average molecular weight is 197 g/mol. The van der Waals surface area contributed by atoms with Gasteiger partial charge in [-0.1, -0.05) is 12.2 Å². The standard InChI is InChI=1S/C9H8FNO3/c10-9-6-8(11(13)14)4-3-7(9)2-1-5-12/h1-4,6,12H,5H2/b2-1+. The van der Waals surface area contributed by atoms with E-state index in [9.17, 15) is 14.5 Å². The first-order chi connectivity index (χ1) is 6.65. The van der Waals surface area contributed by atoms with E-state index in [2.05, 4.69) is 0 Å². The molecule has 0 unspecified atom stereocenters. The highest BCUT2D eigenvalue weighted by atomic mass is 19.1. The van der Waals surface area contributed by atoms with Crippen molar-refractivity contribution in [3.05, 3.63) is 45.8 Å². The quantitative estimate of drug-likeness (QED) is 0.592. The molecule has 4 nitrogen and oxygen atoms in total. The summed E-state index contributed by atoms with van der Waals surface area (Å²) in [7, 11) is 0. The number of nitrogens with zero attached hydrogens (tertiary/aromatic N) is 1. The molecule has 0 saturated carbocycles. The van der Waals surface area contributed by atoms with Crippen LogP contribution in [0.15, 0.2) is 24.3 Å². The minimum absolute atomic E-state index is 0.198. The van der Waals surface area contributed by atoms with Crippen molar-refractivity contribution < 1.29 is 14.4 Å². The molecule has 0 aromatic heterocycles. The highest BCUT2D eigenvalue weighted by Crippen LogP contribution is 2.17. The molecule has 0 aliphatic rings. The molecule has 1 rings (SSSR count). The number of nitro benzene ring substituents is 1. The Hall–Kier alpha value is -1.75. The number of nitro groups is 1. The van der Waals surface area contributed by atoms with E-state index in [1.165, 1.54) is 24.3 Å². The van der Waals surface area contributed by atoms with Crippen LogP contribution in [0.4, 0.5) is 10.1 Å². The Labute approximate surface area is 79.4 Å². The van der Waals surface area contributed by atoms with Crippen molar-refractivity contribution in [3.8, 4) is 0 Å². The fraction of sp³-hybridized carbons (Fsp3) is 0.111. The van der Waals surface area contributed by atoms with Gasteiger partial charge in [-0.05, 0) is 6.07 Å². The van der Waals surface area contributed by atoms with Crippen LogP contribution < -0.4 is 0 Å². The lowest BCUT2D eigenvalue weighted by Crippen LogP contribution is -1.90. The van der Waals surface area contributed by atoms with Crippen LogP contribution >= 0.6 is 0 Å². The molecule has 0 spiro atoms. The zero-order valence-electron chi connectivity index (χ0n) is 7.18. The molecule has 0 fully saturated rings. The number of hydrogen-bond donors (Lipinski definition) is 1. The number of benzene rings is 1. The molecule has 0 amide bonds. The lowest BCUT2D eigenvalue weighted by atomic mass is 10.2. The minimum Gasteiger partial charge on any atom is -0.392 e. The Kier molecular flexibility index (Phi) is 3.30. The highest BCUT2D eigenvalue weighted by molar-refractivity contribution is 5.52. The Morgan fingerprint density at radius 3 is 2.79 bits per heavy atom. The van der Waals surface area contributed by atoms with Crippen LogP contribution in [-0.4, -0.2) is 16.6 Å². The molecule has 74 valence electrons. The molecule has 0 aliphatic heterocycles. The van der Waals surface area contributed by atoms with Gasteiger partial charge in [-0.2, -0.15) is 0 Å². The summed E-state index contributed by atoms with van der Waals surface area (Å²) < 4.78 is 13.1. The van der Waals surface area contributed by atoms with Gasteiger partial charge < -0.3 is 5.11 Å². The average Bonchev–Trinajstić information content (AvgIpc) is 2.15. The molecule has 14 heavy (non-hydrogen) atoms. The Balaban J connectivity index is 3.01. The third-order valence-electron chi connectivity index (χ3n) is 1.60. The van der Waals surface area contributed by atoms with E-state index in [1.54, 1.807) is 0 Å². The Morgan fingerprint density at radius 2 is 2.29 bits per heavy atom. The molecular weight excluding hydrogens is 189 g/mol. The molecule has 0 heterocycles. The Morgan fingerprint density at radius 1 is 1.57 bits per heavy atom. The monoisotopic (exact) mass is 197 g/mol. The minimum atomic E-state index is -0.677. The molecule has 1 aromatic rings. The second-order valence-corrected chi connectivity index (χ2v) is 2.55. The Bertz CT molecular complexity index is 376. The van der Waals surface area contributed by atoms with E-state index < -0.39 is 10.7 Å². The van der Waals surface area contributed by atoms with Crippen LogP contribution in [0.25, 0.3) is 6.08 Å². The number of aliphatic hydroxyl groups excluding tert-OH is 1. The lowest BCUT2D eigenvalue weighted by Gasteiger charge is -1.96. The van der Waals surface area contributed by atoms with Gasteiger partial charge in [0.15, 0.2) is 0 Å². The van der Waals surface area contributed by atoms with Gasteiger partial charge >= 0.3 is 0 Å². The number of hydrogen-bond acceptors (Lipinski definition) is 3. The first-order valence-electron chi connectivity index (χ1n) is 3.86. The topological polar surface area (TPSA) is 63.4 Å². The normalized spacial score (nSPS) is 10.7. The summed E-state index contributed by atoms with van der Waals surface area (Å²) in [5.74, 6) is -0.677. The molecule has 1 aromatic carbocycles. The number of rotatable bonds is 3. The maximum atomic E-state index is 13.1. The largest absolute Gasteiger partial charge is 0.392 e. The van der Waals surface area contributed by atoms with E-state index in [0.717, 1.165) is 6.07 Å². The van der Waals surface area contributed by atoms with E-state index in [4.69, 9.17) is 5.11 Å². The maximum absolute atomic E-state index is 13.1. The molecule has 0 radical (unpaired) electrons. The first-order valence-corrected chi connectivity index (χ1v) is 3.86. The summed E-state index contributed by atoms with van der Waals surface area (Å²) in [6.07, 6.45) is 2.71. The van der Waals surface area contributed by atoms with Crippen LogP contribution in [0.1, 0.15) is 5.56 Å². The summed E-state index contributed by atoms with van der Waals surface area (Å²) >= 11 is 0. The van der Waals surface area contributed by atoms with Gasteiger partial charge in [0.2, 0.25) is 0 Å². The number of halogens is 1. The third kappa shape index (κ3) is 2.37. The van der Waals surface area contributed by atoms with Crippen molar-refractivity contribution >= 4 is 11.8 Å². The van der Waals surface area contributed by atoms with E-state index in [0.29, 0.717) is 0 Å². The second-order valence-electron chi connectivity index (χ2n) is 2.55. The van der Waals surface area contributed by atoms with Gasteiger partial charge in [0.25, 0.3) is 5.69 Å². The van der Waals surface area contributed by atoms with Crippen molar-refractivity contribution in [2.75, 3.05) is 6.61 Å². The van der Waals surface area contributed by atoms with Gasteiger partial charge in [-0.15, -0.1) is 0 Å². The van der Waals surface area contributed by atoms with Crippen LogP contribution in [0, 0.1) is 15.9 Å². The predicted molar refractivity (Wildman–Crippen MR) is 49.2 cm³/mol.